The molecule has 1 N–H and O–H groups in total. The molecule has 0 bridgehead atoms. The van der Waals surface area contributed by atoms with Gasteiger partial charge in [-0.3, -0.25) is 9.10 Å². The first kappa shape index (κ1) is 25.3. The molecule has 7 nitrogen and oxygen atoms in total. The summed E-state index contributed by atoms with van der Waals surface area (Å²) in [7, 11) is -3.99. The molecule has 34 heavy (non-hydrogen) atoms. The van der Waals surface area contributed by atoms with Gasteiger partial charge in [-0.2, -0.15) is 5.10 Å². The molecule has 3 aromatic carbocycles. The number of hydrogen-bond donors (Lipinski definition) is 1. The van der Waals surface area contributed by atoms with Gasteiger partial charge in [0.2, 0.25) is 0 Å². The number of unbranched alkanes of at least 4 members (excludes halogenated alkanes) is 1. The summed E-state index contributed by atoms with van der Waals surface area (Å²) >= 11 is 5.95. The zero-order valence-electron chi connectivity index (χ0n) is 18.7. The number of hydrazone groups is 1. The molecule has 0 saturated heterocycles. The fourth-order valence-electron chi connectivity index (χ4n) is 2.97. The first-order valence-electron chi connectivity index (χ1n) is 10.8. The Morgan fingerprint density at radius 3 is 2.35 bits per heavy atom. The van der Waals surface area contributed by atoms with Crippen molar-refractivity contribution < 1.29 is 17.9 Å². The van der Waals surface area contributed by atoms with Gasteiger partial charge in [0.1, 0.15) is 12.3 Å². The van der Waals surface area contributed by atoms with Crippen molar-refractivity contribution in [1.82, 2.24) is 5.43 Å². The number of nitrogens with zero attached hydrogens (tertiary/aromatic N) is 2. The van der Waals surface area contributed by atoms with E-state index in [1.54, 1.807) is 42.5 Å². The van der Waals surface area contributed by atoms with Crippen LogP contribution >= 0.6 is 11.6 Å². The predicted octanol–water partition coefficient (Wildman–Crippen LogP) is 4.86. The molecule has 0 saturated carbocycles. The van der Waals surface area contributed by atoms with E-state index < -0.39 is 22.5 Å². The molecular weight excluding hydrogens is 474 g/mol. The van der Waals surface area contributed by atoms with Crippen molar-refractivity contribution >= 4 is 39.4 Å². The average molecular weight is 500 g/mol. The Kier molecular flexibility index (Phi) is 9.07. The molecule has 0 spiro atoms. The van der Waals surface area contributed by atoms with E-state index in [0.717, 1.165) is 28.5 Å². The molecule has 0 radical (unpaired) electrons. The lowest BCUT2D eigenvalue weighted by molar-refractivity contribution is -0.119. The second kappa shape index (κ2) is 12.2. The van der Waals surface area contributed by atoms with Crippen molar-refractivity contribution in [3.8, 4) is 5.75 Å². The molecule has 178 valence electrons. The zero-order chi connectivity index (χ0) is 24.4. The molecule has 0 heterocycles. The van der Waals surface area contributed by atoms with E-state index in [0.29, 0.717) is 17.3 Å². The lowest BCUT2D eigenvalue weighted by Crippen LogP contribution is -2.39. The van der Waals surface area contributed by atoms with Crippen molar-refractivity contribution in [1.29, 1.82) is 0 Å². The SMILES string of the molecule is CCCCOc1ccc(/C=N\NC(=O)CN(c2ccc(Cl)cc2)S(=O)(=O)c2ccccc2)cc1. The second-order valence-electron chi connectivity index (χ2n) is 7.37. The average Bonchev–Trinajstić information content (AvgIpc) is 2.85. The quantitative estimate of drug-likeness (QED) is 0.232. The van der Waals surface area contributed by atoms with Crippen LogP contribution < -0.4 is 14.5 Å². The number of carbonyl (C=O) groups is 1. The van der Waals surface area contributed by atoms with Crippen molar-refractivity contribution in [3.63, 3.8) is 0 Å². The molecule has 0 aliphatic heterocycles. The van der Waals surface area contributed by atoms with Gasteiger partial charge in [-0.05, 0) is 72.6 Å². The van der Waals surface area contributed by atoms with Crippen LogP contribution in [0.3, 0.4) is 0 Å². The minimum Gasteiger partial charge on any atom is -0.494 e. The minimum atomic E-state index is -3.99. The van der Waals surface area contributed by atoms with Crippen LogP contribution in [0.1, 0.15) is 25.3 Å². The highest BCUT2D eigenvalue weighted by atomic mass is 35.5. The van der Waals surface area contributed by atoms with Gasteiger partial charge in [-0.15, -0.1) is 0 Å². The van der Waals surface area contributed by atoms with E-state index in [4.69, 9.17) is 16.3 Å². The maximum Gasteiger partial charge on any atom is 0.264 e. The standard InChI is InChI=1S/C25H26ClN3O4S/c1-2-3-17-33-23-15-9-20(10-16-23)18-27-28-25(30)19-29(22-13-11-21(26)12-14-22)34(31,32)24-7-5-4-6-8-24/h4-16,18H,2-3,17,19H2,1H3,(H,28,30)/b27-18-. The lowest BCUT2D eigenvalue weighted by atomic mass is 10.2. The third-order valence-electron chi connectivity index (χ3n) is 4.78. The van der Waals surface area contributed by atoms with Crippen LogP contribution in [-0.2, 0) is 14.8 Å². The van der Waals surface area contributed by atoms with Crippen molar-refractivity contribution in [2.45, 2.75) is 24.7 Å². The van der Waals surface area contributed by atoms with Crippen LogP contribution in [0.15, 0.2) is 88.9 Å². The monoisotopic (exact) mass is 499 g/mol. The summed E-state index contributed by atoms with van der Waals surface area (Å²) in [6.45, 7) is 2.30. The molecule has 1 amide bonds. The number of rotatable bonds is 11. The fourth-order valence-corrected chi connectivity index (χ4v) is 4.54. The summed E-state index contributed by atoms with van der Waals surface area (Å²) in [5.41, 5.74) is 3.46. The Labute approximate surface area is 205 Å². The number of anilines is 1. The molecular formula is C25H26ClN3O4S. The van der Waals surface area contributed by atoms with Crippen LogP contribution in [0.25, 0.3) is 0 Å². The van der Waals surface area contributed by atoms with Gasteiger partial charge in [-0.25, -0.2) is 13.8 Å². The van der Waals surface area contributed by atoms with Crippen LogP contribution in [0.2, 0.25) is 5.02 Å². The summed E-state index contributed by atoms with van der Waals surface area (Å²) in [6.07, 6.45) is 3.53. The van der Waals surface area contributed by atoms with E-state index >= 15 is 0 Å². The van der Waals surface area contributed by atoms with Crippen LogP contribution in [0.5, 0.6) is 5.75 Å². The Bertz CT molecular complexity index is 1200. The van der Waals surface area contributed by atoms with Gasteiger partial charge < -0.3 is 4.74 Å². The molecule has 3 aromatic rings. The van der Waals surface area contributed by atoms with Gasteiger partial charge in [0.25, 0.3) is 15.9 Å². The van der Waals surface area contributed by atoms with E-state index in [9.17, 15) is 13.2 Å². The smallest absolute Gasteiger partial charge is 0.264 e. The molecule has 0 atom stereocenters. The van der Waals surface area contributed by atoms with Gasteiger partial charge in [-0.1, -0.05) is 43.1 Å². The van der Waals surface area contributed by atoms with Gasteiger partial charge in [0.05, 0.1) is 23.4 Å². The lowest BCUT2D eigenvalue weighted by Gasteiger charge is -2.23. The summed E-state index contributed by atoms with van der Waals surface area (Å²) in [4.78, 5) is 12.7. The third-order valence-corrected chi connectivity index (χ3v) is 6.82. The Balaban J connectivity index is 1.69. The number of hydrogen-bond acceptors (Lipinski definition) is 5. The Hall–Kier alpha value is -3.36. The maximum absolute atomic E-state index is 13.2. The largest absolute Gasteiger partial charge is 0.494 e. The molecule has 0 aliphatic carbocycles. The number of amides is 1. The summed E-state index contributed by atoms with van der Waals surface area (Å²) in [5, 5.41) is 4.41. The summed E-state index contributed by atoms with van der Waals surface area (Å²) in [5.74, 6) is 0.171. The first-order valence-corrected chi connectivity index (χ1v) is 12.6. The van der Waals surface area contributed by atoms with Crippen molar-refractivity contribution in [2.75, 3.05) is 17.5 Å². The number of ether oxygens (including phenoxy) is 1. The zero-order valence-corrected chi connectivity index (χ0v) is 20.3. The molecule has 0 aromatic heterocycles. The molecule has 0 unspecified atom stereocenters. The van der Waals surface area contributed by atoms with Gasteiger partial charge in [0.15, 0.2) is 0 Å². The van der Waals surface area contributed by atoms with Crippen LogP contribution in [0.4, 0.5) is 5.69 Å². The molecule has 0 fully saturated rings. The number of halogens is 1. The third kappa shape index (κ3) is 7.07. The highest BCUT2D eigenvalue weighted by Gasteiger charge is 2.27. The Morgan fingerprint density at radius 1 is 1.03 bits per heavy atom. The van der Waals surface area contributed by atoms with Crippen LogP contribution in [0, 0.1) is 0 Å². The fraction of sp³-hybridized carbons (Fsp3) is 0.200. The van der Waals surface area contributed by atoms with E-state index in [2.05, 4.69) is 17.5 Å². The highest BCUT2D eigenvalue weighted by Crippen LogP contribution is 2.25. The predicted molar refractivity (Wildman–Crippen MR) is 135 cm³/mol. The number of nitrogens with one attached hydrogen (secondary N) is 1. The number of sulfonamides is 1. The Morgan fingerprint density at radius 2 is 1.71 bits per heavy atom. The van der Waals surface area contributed by atoms with E-state index in [1.165, 1.54) is 18.3 Å². The maximum atomic E-state index is 13.2. The van der Waals surface area contributed by atoms with E-state index in [1.807, 2.05) is 24.3 Å². The van der Waals surface area contributed by atoms with Crippen molar-refractivity contribution in [3.05, 3.63) is 89.4 Å². The van der Waals surface area contributed by atoms with Crippen molar-refractivity contribution in [2.24, 2.45) is 5.10 Å². The molecule has 0 aliphatic rings. The van der Waals surface area contributed by atoms with Gasteiger partial charge >= 0.3 is 0 Å². The van der Waals surface area contributed by atoms with Crippen LogP contribution in [-0.4, -0.2) is 33.7 Å². The first-order chi connectivity index (χ1) is 16.4. The second-order valence-corrected chi connectivity index (χ2v) is 9.66. The minimum absolute atomic E-state index is 0.0718. The topological polar surface area (TPSA) is 88.1 Å². The van der Waals surface area contributed by atoms with E-state index in [-0.39, 0.29) is 4.90 Å². The molecule has 3 rings (SSSR count). The van der Waals surface area contributed by atoms with Gasteiger partial charge in [0, 0.05) is 5.02 Å². The molecule has 9 heteroatoms. The summed E-state index contributed by atoms with van der Waals surface area (Å²) < 4.78 is 33.1. The summed E-state index contributed by atoms with van der Waals surface area (Å²) in [6, 6.07) is 21.4. The normalized spacial score (nSPS) is 11.4. The number of benzene rings is 3. The number of carbonyl (C=O) groups excluding carboxylic acids is 1. The highest BCUT2D eigenvalue weighted by molar-refractivity contribution is 7.92.